The third-order valence-electron chi connectivity index (χ3n) is 5.05. The number of carbonyl (C=O) groups excluding carboxylic acids is 2. The maximum Gasteiger partial charge on any atom is 0.268 e. The van der Waals surface area contributed by atoms with E-state index in [1.165, 1.54) is 5.56 Å². The van der Waals surface area contributed by atoms with Crippen LogP contribution >= 0.6 is 0 Å². The van der Waals surface area contributed by atoms with Gasteiger partial charge in [0.15, 0.2) is 0 Å². The number of aromatic nitrogens is 1. The Hall–Kier alpha value is -3.08. The molecule has 1 atom stereocenters. The second kappa shape index (κ2) is 6.33. The number of nitrogens with one attached hydrogen (secondary N) is 2. The molecule has 1 aromatic heterocycles. The fraction of sp³-hybridized carbons (Fsp3) is 0.238. The summed E-state index contributed by atoms with van der Waals surface area (Å²) in [5.41, 5.74) is 4.58. The highest BCUT2D eigenvalue weighted by Gasteiger charge is 2.31. The SMILES string of the molecule is CCc1ccc2[nH]c(C(=O)NC3Cc4ccccc4N(C)C3=O)cc2c1. The number of aromatic amines is 1. The van der Waals surface area contributed by atoms with Crippen molar-refractivity contribution in [3.63, 3.8) is 0 Å². The van der Waals surface area contributed by atoms with Crippen molar-refractivity contribution in [2.45, 2.75) is 25.8 Å². The molecule has 0 aliphatic carbocycles. The zero-order chi connectivity index (χ0) is 18.3. The highest BCUT2D eigenvalue weighted by atomic mass is 16.2. The normalized spacial score (nSPS) is 16.6. The van der Waals surface area contributed by atoms with Crippen LogP contribution in [0.4, 0.5) is 5.69 Å². The lowest BCUT2D eigenvalue weighted by Gasteiger charge is -2.31. The van der Waals surface area contributed by atoms with Crippen molar-refractivity contribution >= 4 is 28.4 Å². The summed E-state index contributed by atoms with van der Waals surface area (Å²) in [5.74, 6) is -0.355. The van der Waals surface area contributed by atoms with Crippen LogP contribution in [0.5, 0.6) is 0 Å². The van der Waals surface area contributed by atoms with Crippen LogP contribution in [-0.2, 0) is 17.6 Å². The molecule has 2 N–H and O–H groups in total. The quantitative estimate of drug-likeness (QED) is 0.765. The van der Waals surface area contributed by atoms with Crippen molar-refractivity contribution in [3.05, 3.63) is 65.4 Å². The van der Waals surface area contributed by atoms with Gasteiger partial charge in [-0.25, -0.2) is 0 Å². The Morgan fingerprint density at radius 3 is 2.85 bits per heavy atom. The van der Waals surface area contributed by atoms with Gasteiger partial charge in [-0.1, -0.05) is 31.2 Å². The zero-order valence-corrected chi connectivity index (χ0v) is 14.9. The maximum absolute atomic E-state index is 12.7. The lowest BCUT2D eigenvalue weighted by molar-refractivity contribution is -0.120. The summed E-state index contributed by atoms with van der Waals surface area (Å²) in [5, 5.41) is 3.89. The van der Waals surface area contributed by atoms with E-state index in [2.05, 4.69) is 29.4 Å². The van der Waals surface area contributed by atoms with Crippen LogP contribution in [-0.4, -0.2) is 29.9 Å². The first-order valence-electron chi connectivity index (χ1n) is 8.85. The first kappa shape index (κ1) is 16.4. The Balaban J connectivity index is 1.57. The number of benzene rings is 2. The summed E-state index contributed by atoms with van der Waals surface area (Å²) < 4.78 is 0. The molecule has 3 aromatic rings. The number of amides is 2. The smallest absolute Gasteiger partial charge is 0.268 e. The number of rotatable bonds is 3. The summed E-state index contributed by atoms with van der Waals surface area (Å²) in [4.78, 5) is 30.1. The van der Waals surface area contributed by atoms with E-state index in [-0.39, 0.29) is 11.8 Å². The Labute approximate surface area is 152 Å². The topological polar surface area (TPSA) is 65.2 Å². The monoisotopic (exact) mass is 347 g/mol. The second-order valence-corrected chi connectivity index (χ2v) is 6.71. The number of hydrogen-bond donors (Lipinski definition) is 2. The number of anilines is 1. The minimum Gasteiger partial charge on any atom is -0.351 e. The largest absolute Gasteiger partial charge is 0.351 e. The molecule has 2 heterocycles. The molecular weight excluding hydrogens is 326 g/mol. The fourth-order valence-electron chi connectivity index (χ4n) is 3.54. The standard InChI is InChI=1S/C21H21N3O2/c1-3-13-8-9-16-15(10-13)12-17(22-16)20(25)23-18-11-14-6-4-5-7-19(14)24(2)21(18)26/h4-10,12,18,22H,3,11H2,1-2H3,(H,23,25). The maximum atomic E-state index is 12.7. The second-order valence-electron chi connectivity index (χ2n) is 6.71. The van der Waals surface area contributed by atoms with Crippen molar-refractivity contribution in [1.29, 1.82) is 0 Å². The molecule has 2 aromatic carbocycles. The lowest BCUT2D eigenvalue weighted by atomic mass is 9.97. The van der Waals surface area contributed by atoms with Gasteiger partial charge in [0.25, 0.3) is 5.91 Å². The van der Waals surface area contributed by atoms with Crippen LogP contribution in [0, 0.1) is 0 Å². The number of H-pyrrole nitrogens is 1. The number of nitrogens with zero attached hydrogens (tertiary/aromatic N) is 1. The van der Waals surface area contributed by atoms with E-state index in [1.807, 2.05) is 36.4 Å². The fourth-order valence-corrected chi connectivity index (χ4v) is 3.54. The van der Waals surface area contributed by atoms with Crippen LogP contribution in [0.15, 0.2) is 48.5 Å². The number of carbonyl (C=O) groups is 2. The summed E-state index contributed by atoms with van der Waals surface area (Å²) in [6.07, 6.45) is 1.45. The predicted molar refractivity (Wildman–Crippen MR) is 102 cm³/mol. The molecule has 5 nitrogen and oxygen atoms in total. The minimum absolute atomic E-state index is 0.0959. The number of aryl methyl sites for hydroxylation is 1. The molecule has 26 heavy (non-hydrogen) atoms. The number of fused-ring (bicyclic) bond motifs is 2. The molecule has 0 saturated carbocycles. The number of hydrogen-bond acceptors (Lipinski definition) is 2. The van der Waals surface area contributed by atoms with E-state index < -0.39 is 6.04 Å². The van der Waals surface area contributed by atoms with Crippen LogP contribution in [0.25, 0.3) is 10.9 Å². The van der Waals surface area contributed by atoms with Crippen molar-refractivity contribution in [2.75, 3.05) is 11.9 Å². The lowest BCUT2D eigenvalue weighted by Crippen LogP contribution is -2.51. The summed E-state index contributed by atoms with van der Waals surface area (Å²) >= 11 is 0. The summed E-state index contributed by atoms with van der Waals surface area (Å²) in [6.45, 7) is 2.10. The Morgan fingerprint density at radius 1 is 1.23 bits per heavy atom. The van der Waals surface area contributed by atoms with Gasteiger partial charge in [-0.3, -0.25) is 9.59 Å². The van der Waals surface area contributed by atoms with Crippen molar-refractivity contribution in [1.82, 2.24) is 10.3 Å². The summed E-state index contributed by atoms with van der Waals surface area (Å²) in [6, 6.07) is 15.2. The molecule has 2 amide bonds. The highest BCUT2D eigenvalue weighted by Crippen LogP contribution is 2.26. The molecule has 1 unspecified atom stereocenters. The average molecular weight is 347 g/mol. The molecule has 132 valence electrons. The number of likely N-dealkylation sites (N-methyl/N-ethyl adjacent to an activating group) is 1. The van der Waals surface area contributed by atoms with Gasteiger partial charge in [0.2, 0.25) is 5.91 Å². The van der Waals surface area contributed by atoms with Gasteiger partial charge in [-0.2, -0.15) is 0 Å². The van der Waals surface area contributed by atoms with E-state index in [0.29, 0.717) is 12.1 Å². The van der Waals surface area contributed by atoms with E-state index in [1.54, 1.807) is 11.9 Å². The number of para-hydroxylation sites is 1. The molecule has 0 radical (unpaired) electrons. The first-order chi connectivity index (χ1) is 12.6. The molecular formula is C21H21N3O2. The molecule has 5 heteroatoms. The predicted octanol–water partition coefficient (Wildman–Crippen LogP) is 3.05. The highest BCUT2D eigenvalue weighted by molar-refractivity contribution is 6.04. The van der Waals surface area contributed by atoms with Gasteiger partial charge in [0.05, 0.1) is 0 Å². The van der Waals surface area contributed by atoms with E-state index >= 15 is 0 Å². The van der Waals surface area contributed by atoms with Crippen molar-refractivity contribution in [2.24, 2.45) is 0 Å². The van der Waals surface area contributed by atoms with Crippen molar-refractivity contribution < 1.29 is 9.59 Å². The summed E-state index contributed by atoms with van der Waals surface area (Å²) in [7, 11) is 1.74. The van der Waals surface area contributed by atoms with Crippen LogP contribution in [0.3, 0.4) is 0 Å². The average Bonchev–Trinajstić information content (AvgIpc) is 3.09. The first-order valence-corrected chi connectivity index (χ1v) is 8.85. The van der Waals surface area contributed by atoms with Crippen LogP contribution in [0.2, 0.25) is 0 Å². The Bertz CT molecular complexity index is 1010. The third-order valence-corrected chi connectivity index (χ3v) is 5.05. The van der Waals surface area contributed by atoms with Gasteiger partial charge >= 0.3 is 0 Å². The molecule has 0 spiro atoms. The van der Waals surface area contributed by atoms with Gasteiger partial charge in [-0.15, -0.1) is 0 Å². The van der Waals surface area contributed by atoms with Gasteiger partial charge in [-0.05, 0) is 41.8 Å². The molecule has 0 fully saturated rings. The van der Waals surface area contributed by atoms with Crippen molar-refractivity contribution in [3.8, 4) is 0 Å². The van der Waals surface area contributed by atoms with Crippen LogP contribution in [0.1, 0.15) is 28.5 Å². The zero-order valence-electron chi connectivity index (χ0n) is 14.9. The molecule has 1 aliphatic heterocycles. The molecule has 0 saturated heterocycles. The van der Waals surface area contributed by atoms with E-state index in [0.717, 1.165) is 28.6 Å². The molecule has 0 bridgehead atoms. The Morgan fingerprint density at radius 2 is 2.04 bits per heavy atom. The van der Waals surface area contributed by atoms with Gasteiger partial charge in [0, 0.05) is 30.1 Å². The van der Waals surface area contributed by atoms with Crippen LogP contribution < -0.4 is 10.2 Å². The van der Waals surface area contributed by atoms with Gasteiger partial charge in [0.1, 0.15) is 11.7 Å². The van der Waals surface area contributed by atoms with Gasteiger partial charge < -0.3 is 15.2 Å². The molecule has 4 rings (SSSR count). The Kier molecular flexibility index (Phi) is 3.99. The minimum atomic E-state index is -0.556. The third kappa shape index (κ3) is 2.75. The molecule has 1 aliphatic rings. The van der Waals surface area contributed by atoms with E-state index in [4.69, 9.17) is 0 Å². The van der Waals surface area contributed by atoms with E-state index in [9.17, 15) is 9.59 Å².